The summed E-state index contributed by atoms with van der Waals surface area (Å²) in [7, 11) is 0. The second-order valence-corrected chi connectivity index (χ2v) is 4.27. The molecule has 2 rings (SSSR count). The van der Waals surface area contributed by atoms with E-state index in [-0.39, 0.29) is 0 Å². The molecule has 13 heavy (non-hydrogen) atoms. The van der Waals surface area contributed by atoms with Crippen LogP contribution in [0.25, 0.3) is 0 Å². The molecule has 1 aliphatic rings. The van der Waals surface area contributed by atoms with Gasteiger partial charge >= 0.3 is 0 Å². The van der Waals surface area contributed by atoms with E-state index in [0.29, 0.717) is 6.04 Å². The molecule has 0 heterocycles. The first-order valence-electron chi connectivity index (χ1n) is 4.99. The van der Waals surface area contributed by atoms with Crippen molar-refractivity contribution in [2.24, 2.45) is 5.73 Å². The minimum atomic E-state index is 0.451. The van der Waals surface area contributed by atoms with E-state index in [4.69, 9.17) is 5.73 Å². The summed E-state index contributed by atoms with van der Waals surface area (Å²) in [6, 6.07) is 7.23. The Kier molecular flexibility index (Phi) is 2.12. The van der Waals surface area contributed by atoms with Crippen LogP contribution in [-0.4, -0.2) is 6.04 Å². The maximum absolute atomic E-state index is 5.77. The first kappa shape index (κ1) is 8.76. The Balaban J connectivity index is 2.18. The van der Waals surface area contributed by atoms with E-state index in [1.807, 2.05) is 0 Å². The molecule has 0 spiro atoms. The Morgan fingerprint density at radius 3 is 2.38 bits per heavy atom. The van der Waals surface area contributed by atoms with Gasteiger partial charge in [-0.1, -0.05) is 18.2 Å². The molecule has 1 nitrogen and oxygen atoms in total. The van der Waals surface area contributed by atoms with Gasteiger partial charge < -0.3 is 5.73 Å². The second-order valence-electron chi connectivity index (χ2n) is 4.27. The van der Waals surface area contributed by atoms with Gasteiger partial charge in [0.1, 0.15) is 0 Å². The van der Waals surface area contributed by atoms with Gasteiger partial charge in [0.15, 0.2) is 0 Å². The number of aryl methyl sites for hydroxylation is 2. The van der Waals surface area contributed by atoms with E-state index in [0.717, 1.165) is 5.92 Å². The van der Waals surface area contributed by atoms with E-state index in [9.17, 15) is 0 Å². The van der Waals surface area contributed by atoms with Crippen molar-refractivity contribution in [3.8, 4) is 0 Å². The van der Waals surface area contributed by atoms with Crippen LogP contribution < -0.4 is 5.73 Å². The highest BCUT2D eigenvalue weighted by Gasteiger charge is 2.27. The molecule has 0 unspecified atom stereocenters. The average Bonchev–Trinajstić information content (AvgIpc) is 2.05. The molecule has 0 saturated heterocycles. The average molecular weight is 175 g/mol. The maximum Gasteiger partial charge on any atom is 0.00504 e. The van der Waals surface area contributed by atoms with E-state index >= 15 is 0 Å². The van der Waals surface area contributed by atoms with Crippen molar-refractivity contribution in [1.29, 1.82) is 0 Å². The molecule has 1 saturated carbocycles. The minimum Gasteiger partial charge on any atom is -0.328 e. The fourth-order valence-electron chi connectivity index (χ4n) is 1.95. The van der Waals surface area contributed by atoms with Crippen LogP contribution in [-0.2, 0) is 0 Å². The van der Waals surface area contributed by atoms with Crippen molar-refractivity contribution in [3.05, 3.63) is 34.9 Å². The van der Waals surface area contributed by atoms with Crippen LogP contribution in [0.3, 0.4) is 0 Å². The lowest BCUT2D eigenvalue weighted by Gasteiger charge is -2.33. The summed E-state index contributed by atoms with van der Waals surface area (Å²) in [5.41, 5.74) is 10.0. The lowest BCUT2D eigenvalue weighted by Crippen LogP contribution is -2.34. The number of hydrogen-bond acceptors (Lipinski definition) is 1. The minimum absolute atomic E-state index is 0.451. The molecule has 0 aromatic heterocycles. The molecule has 1 heteroatoms. The van der Waals surface area contributed by atoms with Gasteiger partial charge in [-0.2, -0.15) is 0 Å². The maximum atomic E-state index is 5.77. The fourth-order valence-corrected chi connectivity index (χ4v) is 1.95. The predicted octanol–water partition coefficient (Wildman–Crippen LogP) is 2.51. The van der Waals surface area contributed by atoms with Crippen LogP contribution in [0.1, 0.15) is 35.4 Å². The third-order valence-electron chi connectivity index (χ3n) is 3.18. The monoisotopic (exact) mass is 175 g/mol. The summed E-state index contributed by atoms with van der Waals surface area (Å²) in [5, 5.41) is 0. The lowest BCUT2D eigenvalue weighted by atomic mass is 9.76. The van der Waals surface area contributed by atoms with Crippen LogP contribution in [0.2, 0.25) is 0 Å². The number of benzene rings is 1. The molecule has 1 aromatic carbocycles. The highest BCUT2D eigenvalue weighted by Crippen LogP contribution is 2.36. The molecular formula is C12H17N. The van der Waals surface area contributed by atoms with Crippen molar-refractivity contribution in [2.45, 2.75) is 38.6 Å². The molecule has 0 radical (unpaired) electrons. The normalized spacial score (nSPS) is 27.0. The van der Waals surface area contributed by atoms with Gasteiger partial charge in [-0.05, 0) is 49.3 Å². The van der Waals surface area contributed by atoms with Crippen LogP contribution >= 0.6 is 0 Å². The summed E-state index contributed by atoms with van der Waals surface area (Å²) >= 11 is 0. The number of rotatable bonds is 1. The summed E-state index contributed by atoms with van der Waals surface area (Å²) in [5.74, 6) is 0.731. The van der Waals surface area contributed by atoms with E-state index < -0.39 is 0 Å². The molecule has 0 atom stereocenters. The number of hydrogen-bond donors (Lipinski definition) is 1. The molecule has 0 amide bonds. The standard InChI is InChI=1S/C12H17N/c1-8-3-4-10(5-9(8)2)11-6-12(13)7-11/h3-5,11-12H,6-7,13H2,1-2H3. The summed E-state index contributed by atoms with van der Waals surface area (Å²) < 4.78 is 0. The van der Waals surface area contributed by atoms with Crippen molar-refractivity contribution >= 4 is 0 Å². The first-order valence-corrected chi connectivity index (χ1v) is 4.99. The van der Waals surface area contributed by atoms with Crippen LogP contribution in [0.4, 0.5) is 0 Å². The van der Waals surface area contributed by atoms with Gasteiger partial charge in [-0.25, -0.2) is 0 Å². The zero-order valence-corrected chi connectivity index (χ0v) is 8.38. The number of nitrogens with two attached hydrogens (primary N) is 1. The second kappa shape index (κ2) is 3.15. The van der Waals surface area contributed by atoms with E-state index in [2.05, 4.69) is 32.0 Å². The van der Waals surface area contributed by atoms with Crippen molar-refractivity contribution in [2.75, 3.05) is 0 Å². The van der Waals surface area contributed by atoms with Gasteiger partial charge in [0, 0.05) is 6.04 Å². The molecule has 1 fully saturated rings. The highest BCUT2D eigenvalue weighted by molar-refractivity contribution is 5.33. The van der Waals surface area contributed by atoms with Crippen molar-refractivity contribution < 1.29 is 0 Å². The van der Waals surface area contributed by atoms with Crippen LogP contribution in [0.15, 0.2) is 18.2 Å². The first-order chi connectivity index (χ1) is 6.16. The zero-order chi connectivity index (χ0) is 9.42. The molecule has 1 aromatic rings. The smallest absolute Gasteiger partial charge is 0.00504 e. The summed E-state index contributed by atoms with van der Waals surface area (Å²) in [6.45, 7) is 4.34. The molecular weight excluding hydrogens is 158 g/mol. The van der Waals surface area contributed by atoms with Crippen LogP contribution in [0.5, 0.6) is 0 Å². The molecule has 0 aliphatic heterocycles. The molecule has 70 valence electrons. The molecule has 2 N–H and O–H groups in total. The van der Waals surface area contributed by atoms with Gasteiger partial charge in [0.25, 0.3) is 0 Å². The Hall–Kier alpha value is -0.820. The quantitative estimate of drug-likeness (QED) is 0.697. The summed E-state index contributed by atoms with van der Waals surface area (Å²) in [6.07, 6.45) is 2.34. The Morgan fingerprint density at radius 1 is 1.15 bits per heavy atom. The Morgan fingerprint density at radius 2 is 1.85 bits per heavy atom. The largest absolute Gasteiger partial charge is 0.328 e. The topological polar surface area (TPSA) is 26.0 Å². The fraction of sp³-hybridized carbons (Fsp3) is 0.500. The Labute approximate surface area is 80.0 Å². The van der Waals surface area contributed by atoms with Gasteiger partial charge in [-0.3, -0.25) is 0 Å². The Bertz CT molecular complexity index is 311. The zero-order valence-electron chi connectivity index (χ0n) is 8.38. The third-order valence-corrected chi connectivity index (χ3v) is 3.18. The van der Waals surface area contributed by atoms with Crippen LogP contribution in [0, 0.1) is 13.8 Å². The van der Waals surface area contributed by atoms with Gasteiger partial charge in [0.2, 0.25) is 0 Å². The lowest BCUT2D eigenvalue weighted by molar-refractivity contribution is 0.351. The van der Waals surface area contributed by atoms with E-state index in [1.54, 1.807) is 0 Å². The van der Waals surface area contributed by atoms with Crippen molar-refractivity contribution in [3.63, 3.8) is 0 Å². The van der Waals surface area contributed by atoms with Gasteiger partial charge in [-0.15, -0.1) is 0 Å². The predicted molar refractivity (Wildman–Crippen MR) is 55.9 cm³/mol. The van der Waals surface area contributed by atoms with Crippen molar-refractivity contribution in [1.82, 2.24) is 0 Å². The third kappa shape index (κ3) is 1.61. The van der Waals surface area contributed by atoms with Gasteiger partial charge in [0.05, 0.1) is 0 Å². The summed E-state index contributed by atoms with van der Waals surface area (Å²) in [4.78, 5) is 0. The SMILES string of the molecule is Cc1ccc(C2CC(N)C2)cc1C. The van der Waals surface area contributed by atoms with E-state index in [1.165, 1.54) is 29.5 Å². The molecule has 0 bridgehead atoms. The molecule has 1 aliphatic carbocycles. The highest BCUT2D eigenvalue weighted by atomic mass is 14.7.